The Morgan fingerprint density at radius 1 is 1.11 bits per heavy atom. The van der Waals surface area contributed by atoms with Crippen LogP contribution in [0.3, 0.4) is 0 Å². The molecule has 0 radical (unpaired) electrons. The van der Waals surface area contributed by atoms with Gasteiger partial charge in [0, 0.05) is 30.1 Å². The van der Waals surface area contributed by atoms with Gasteiger partial charge in [-0.1, -0.05) is 39.5 Å². The molecule has 1 aliphatic carbocycles. The lowest BCUT2D eigenvalue weighted by Crippen LogP contribution is -2.60. The van der Waals surface area contributed by atoms with E-state index in [1.165, 1.54) is 30.2 Å². The topological polar surface area (TPSA) is 195 Å². The van der Waals surface area contributed by atoms with Crippen LogP contribution in [-0.2, 0) is 29.1 Å². The molecule has 282 valence electrons. The van der Waals surface area contributed by atoms with Gasteiger partial charge in [0.15, 0.2) is 5.03 Å². The molecule has 3 N–H and O–H groups in total. The van der Waals surface area contributed by atoms with Crippen molar-refractivity contribution >= 4 is 44.6 Å². The highest BCUT2D eigenvalue weighted by atomic mass is 32.2. The summed E-state index contributed by atoms with van der Waals surface area (Å²) < 4.78 is 45.0. The lowest BCUT2D eigenvalue weighted by Gasteiger charge is -2.35. The number of aryl methyl sites for hydroxylation is 1. The number of hydrogen-bond donors (Lipinski definition) is 3. The molecule has 3 heterocycles. The minimum atomic E-state index is -4.40. The smallest absolute Gasteiger partial charge is 0.412 e. The SMILES string of the molecule is C=C[C@@H]1C[C@]1(NC(=O)[C@@H]1C[C@@H](Oc2nccc3cc(OC)ccc23)CN1C(=O)[C@@H](NC(=O)OC(=C)C)C(C)(C)C)C(=O)NS(=O)(=O)c1ccc(C)cn1. The molecule has 1 saturated carbocycles. The number of nitrogens with one attached hydrogen (secondary N) is 3. The Bertz CT molecular complexity index is 2060. The number of sulfonamides is 1. The average molecular weight is 749 g/mol. The molecule has 0 spiro atoms. The first kappa shape index (κ1) is 38.7. The number of nitrogens with zero attached hydrogens (tertiary/aromatic N) is 3. The molecule has 3 aromatic rings. The number of pyridine rings is 2. The standard InChI is InChI=1S/C37H44N6O9S/c1-9-24-18-37(24,34(46)42-53(48,49)29-13-10-22(4)19-39-29)41-31(44)28-17-26(52-32-27-12-11-25(50-8)16-23(27)14-15-38-32)20-43(28)33(45)30(36(5,6)7)40-35(47)51-21(2)3/h9-16,19,24,26,28,30H,1-2,17-18,20H2,3-8H3,(H,40,47)(H,41,44)(H,42,46)/t24-,26-,28+,30-,37-/m1/s1. The van der Waals surface area contributed by atoms with Gasteiger partial charge >= 0.3 is 6.09 Å². The second kappa shape index (κ2) is 14.8. The number of ether oxygens (including phenoxy) is 3. The fraction of sp³-hybridized carbons (Fsp3) is 0.405. The summed E-state index contributed by atoms with van der Waals surface area (Å²) >= 11 is 0. The Morgan fingerprint density at radius 3 is 2.45 bits per heavy atom. The lowest BCUT2D eigenvalue weighted by atomic mass is 9.85. The van der Waals surface area contributed by atoms with E-state index in [1.807, 2.05) is 10.8 Å². The van der Waals surface area contributed by atoms with Gasteiger partial charge in [0.1, 0.15) is 29.5 Å². The maximum atomic E-state index is 14.4. The molecule has 1 aromatic carbocycles. The third kappa shape index (κ3) is 8.43. The molecule has 5 atom stereocenters. The zero-order chi connectivity index (χ0) is 38.9. The number of amides is 4. The number of aromatic nitrogens is 2. The highest BCUT2D eigenvalue weighted by molar-refractivity contribution is 7.90. The van der Waals surface area contributed by atoms with Crippen LogP contribution in [0.4, 0.5) is 4.79 Å². The number of alkyl carbamates (subject to hydrolysis) is 1. The molecule has 5 rings (SSSR count). The van der Waals surface area contributed by atoms with E-state index in [2.05, 4.69) is 33.8 Å². The first-order valence-electron chi connectivity index (χ1n) is 16.9. The van der Waals surface area contributed by atoms with Crippen molar-refractivity contribution < 1.29 is 41.8 Å². The predicted octanol–water partition coefficient (Wildman–Crippen LogP) is 3.54. The van der Waals surface area contributed by atoms with Crippen LogP contribution in [-0.4, -0.2) is 84.5 Å². The number of allylic oxidation sites excluding steroid dienone is 1. The van der Waals surface area contributed by atoms with E-state index in [0.717, 1.165) is 10.9 Å². The van der Waals surface area contributed by atoms with Gasteiger partial charge in [-0.15, -0.1) is 6.58 Å². The maximum absolute atomic E-state index is 14.4. The van der Waals surface area contributed by atoms with Crippen molar-refractivity contribution in [1.82, 2.24) is 30.2 Å². The van der Waals surface area contributed by atoms with Crippen LogP contribution < -0.4 is 24.8 Å². The van der Waals surface area contributed by atoms with Gasteiger partial charge in [0.25, 0.3) is 15.9 Å². The van der Waals surface area contributed by atoms with E-state index in [4.69, 9.17) is 14.2 Å². The Morgan fingerprint density at radius 2 is 1.85 bits per heavy atom. The molecule has 0 bridgehead atoms. The molecular weight excluding hydrogens is 705 g/mol. The molecule has 16 heteroatoms. The van der Waals surface area contributed by atoms with Crippen LogP contribution in [0.15, 0.2) is 78.8 Å². The summed E-state index contributed by atoms with van der Waals surface area (Å²) in [5.41, 5.74) is -1.81. The van der Waals surface area contributed by atoms with E-state index in [9.17, 15) is 27.6 Å². The van der Waals surface area contributed by atoms with Gasteiger partial charge in [-0.05, 0) is 67.0 Å². The van der Waals surface area contributed by atoms with Crippen LogP contribution in [0.5, 0.6) is 11.6 Å². The maximum Gasteiger partial charge on any atom is 0.412 e. The zero-order valence-electron chi connectivity index (χ0n) is 30.5. The van der Waals surface area contributed by atoms with E-state index >= 15 is 0 Å². The third-order valence-corrected chi connectivity index (χ3v) is 10.4. The van der Waals surface area contributed by atoms with Crippen molar-refractivity contribution in [2.45, 2.75) is 76.2 Å². The minimum absolute atomic E-state index is 0.0269. The number of rotatable bonds is 12. The first-order chi connectivity index (χ1) is 24.9. The quantitative estimate of drug-likeness (QED) is 0.181. The fourth-order valence-electron chi connectivity index (χ4n) is 6.22. The zero-order valence-corrected chi connectivity index (χ0v) is 31.3. The third-order valence-electron chi connectivity index (χ3n) is 9.14. The lowest BCUT2D eigenvalue weighted by molar-refractivity contribution is -0.142. The summed E-state index contributed by atoms with van der Waals surface area (Å²) in [4.78, 5) is 64.7. The fourth-order valence-corrected chi connectivity index (χ4v) is 7.19. The molecule has 1 saturated heterocycles. The van der Waals surface area contributed by atoms with Crippen molar-refractivity contribution in [2.24, 2.45) is 11.3 Å². The Kier molecular flexibility index (Phi) is 10.8. The second-order valence-electron chi connectivity index (χ2n) is 14.3. The molecule has 2 aliphatic rings. The van der Waals surface area contributed by atoms with Gasteiger partial charge in [0.05, 0.1) is 19.4 Å². The second-order valence-corrected chi connectivity index (χ2v) is 16.0. The molecule has 53 heavy (non-hydrogen) atoms. The molecule has 2 aromatic heterocycles. The number of hydrogen-bond acceptors (Lipinski definition) is 11. The van der Waals surface area contributed by atoms with E-state index in [0.29, 0.717) is 11.1 Å². The van der Waals surface area contributed by atoms with Crippen LogP contribution in [0.1, 0.15) is 46.1 Å². The largest absolute Gasteiger partial charge is 0.497 e. The van der Waals surface area contributed by atoms with Crippen LogP contribution in [0.25, 0.3) is 10.8 Å². The summed E-state index contributed by atoms with van der Waals surface area (Å²) in [6.45, 7) is 15.7. The highest BCUT2D eigenvalue weighted by Crippen LogP contribution is 2.45. The molecule has 0 unspecified atom stereocenters. The number of methoxy groups -OCH3 is 1. The van der Waals surface area contributed by atoms with Gasteiger partial charge in [0.2, 0.25) is 17.7 Å². The van der Waals surface area contributed by atoms with Crippen LogP contribution >= 0.6 is 0 Å². The summed E-state index contributed by atoms with van der Waals surface area (Å²) in [5.74, 6) is -1.92. The summed E-state index contributed by atoms with van der Waals surface area (Å²) in [6, 6.07) is 7.59. The van der Waals surface area contributed by atoms with Crippen molar-refractivity contribution in [2.75, 3.05) is 13.7 Å². The van der Waals surface area contributed by atoms with Crippen molar-refractivity contribution in [3.05, 3.63) is 79.3 Å². The monoisotopic (exact) mass is 748 g/mol. The molecule has 4 amide bonds. The molecule has 2 fully saturated rings. The van der Waals surface area contributed by atoms with Crippen molar-refractivity contribution in [1.29, 1.82) is 0 Å². The Labute approximate surface area is 308 Å². The summed E-state index contributed by atoms with van der Waals surface area (Å²) in [5, 5.41) is 6.43. The van der Waals surface area contributed by atoms with E-state index in [1.54, 1.807) is 65.3 Å². The normalized spacial score (nSPS) is 21.5. The average Bonchev–Trinajstić information content (AvgIpc) is 3.65. The van der Waals surface area contributed by atoms with Gasteiger partial charge < -0.3 is 29.7 Å². The molecule has 1 aliphatic heterocycles. The minimum Gasteiger partial charge on any atom is -0.497 e. The summed E-state index contributed by atoms with van der Waals surface area (Å²) in [7, 11) is -2.84. The van der Waals surface area contributed by atoms with Crippen LogP contribution in [0.2, 0.25) is 0 Å². The number of likely N-dealkylation sites (tertiary alicyclic amines) is 1. The van der Waals surface area contributed by atoms with Crippen LogP contribution in [0, 0.1) is 18.3 Å². The van der Waals surface area contributed by atoms with Gasteiger partial charge in [-0.3, -0.25) is 14.4 Å². The number of carbonyl (C=O) groups excluding carboxylic acids is 4. The van der Waals surface area contributed by atoms with Crippen molar-refractivity contribution in [3.63, 3.8) is 0 Å². The number of fused-ring (bicyclic) bond motifs is 1. The van der Waals surface area contributed by atoms with Gasteiger partial charge in [-0.25, -0.2) is 19.5 Å². The highest BCUT2D eigenvalue weighted by Gasteiger charge is 2.61. The number of benzene rings is 1. The molecular formula is C37H44N6O9S. The Balaban J connectivity index is 1.45. The Hall–Kier alpha value is -5.51. The van der Waals surface area contributed by atoms with E-state index < -0.39 is 68.9 Å². The van der Waals surface area contributed by atoms with Crippen molar-refractivity contribution in [3.8, 4) is 11.6 Å². The van der Waals surface area contributed by atoms with Gasteiger partial charge in [-0.2, -0.15) is 8.42 Å². The number of carbonyl (C=O) groups is 4. The first-order valence-corrected chi connectivity index (χ1v) is 18.3. The van der Waals surface area contributed by atoms with E-state index in [-0.39, 0.29) is 36.1 Å². The molecule has 15 nitrogen and oxygen atoms in total. The predicted molar refractivity (Wildman–Crippen MR) is 194 cm³/mol. The summed E-state index contributed by atoms with van der Waals surface area (Å²) in [6.07, 6.45) is 2.75.